The summed E-state index contributed by atoms with van der Waals surface area (Å²) < 4.78 is 0. The number of nitrogens with one attached hydrogen (secondary N) is 8. The molecule has 8 N–H and O–H groups in total. The molecule has 0 spiro atoms. The molecule has 7 atom stereocenters. The molecule has 6 rings (SSSR count). The van der Waals surface area contributed by atoms with Gasteiger partial charge in [-0.05, 0) is 44.2 Å². The number of hydrogen-bond donors (Lipinski definition) is 8. The van der Waals surface area contributed by atoms with Crippen LogP contribution in [0.15, 0.2) is 41.5 Å². The fourth-order valence-corrected chi connectivity index (χ4v) is 11.6. The van der Waals surface area contributed by atoms with Crippen molar-refractivity contribution >= 4 is 169 Å². The molecule has 68 heavy (non-hydrogen) atoms. The molecule has 28 heteroatoms. The van der Waals surface area contributed by atoms with Gasteiger partial charge in [-0.3, -0.25) is 19.2 Å². The van der Waals surface area contributed by atoms with Gasteiger partial charge in [0.05, 0.1) is 43.3 Å². The Kier molecular flexibility index (Phi) is 44.3. The predicted molar refractivity (Wildman–Crippen MR) is 283 cm³/mol. The molecule has 4 saturated heterocycles. The number of carbonyl (C=O) groups excluding carboxylic acids is 6. The average molecular weight is 1290 g/mol. The number of allylic oxidation sites excluding steroid dienone is 1. The van der Waals surface area contributed by atoms with Gasteiger partial charge < -0.3 is 147 Å². The van der Waals surface area contributed by atoms with Gasteiger partial charge in [-0.25, -0.2) is 9.59 Å². The molecular formula is C40H58Fe4N8O6S10-8. The molecule has 0 bridgehead atoms. The smallest absolute Gasteiger partial charge is 0.315 e. The molecule has 394 valence electrons. The Balaban J connectivity index is -0.000000539. The Bertz CT molecular complexity index is 1780. The van der Waals surface area contributed by atoms with E-state index in [2.05, 4.69) is 42.5 Å². The van der Waals surface area contributed by atoms with Crippen LogP contribution < -0.4 is 42.5 Å². The maximum atomic E-state index is 12.2. The van der Waals surface area contributed by atoms with Crippen LogP contribution >= 0.6 is 23.5 Å². The Labute approximate surface area is 502 Å². The van der Waals surface area contributed by atoms with Crippen LogP contribution in [-0.2, 0) is 203 Å². The molecule has 5 aliphatic rings. The van der Waals surface area contributed by atoms with Gasteiger partial charge in [-0.1, -0.05) is 53.3 Å². The molecule has 1 aliphatic carbocycles. The Morgan fingerprint density at radius 3 is 1.51 bits per heavy atom. The van der Waals surface area contributed by atoms with Crippen molar-refractivity contribution in [1.82, 2.24) is 37.2 Å². The molecule has 1 aromatic rings. The molecular weight excluding hydrogens is 1230 g/mol. The number of rotatable bonds is 20. The second kappa shape index (κ2) is 40.1. The minimum Gasteiger partial charge on any atom is -0.813 e. The van der Waals surface area contributed by atoms with Crippen molar-refractivity contribution in [1.29, 1.82) is 0 Å². The van der Waals surface area contributed by atoms with E-state index in [9.17, 15) is 28.8 Å². The number of unbranched alkanes of at least 4 members (excludes halogenated alkanes) is 2. The summed E-state index contributed by atoms with van der Waals surface area (Å²) in [5.41, 5.74) is 4.63. The molecule has 4 aliphatic heterocycles. The van der Waals surface area contributed by atoms with E-state index >= 15 is 0 Å². The van der Waals surface area contributed by atoms with E-state index in [4.69, 9.17) is 50.5 Å². The number of thioether (sulfide) groups is 2. The standard InChI is InChI=1S/C20H30N4O3S3.C20H28N4O3S3.4Fe.4H2S/c2*25-17(4-2-1-3-16-19-15(11-30-16)23-20(27)24-19)21-8-18(26)22-14-6-12(9-28)5-13(7-14)10-29;;;;;;;;/h5-6,14-16,19,28-29H,1-4,7-11H2,(H,21,25)(H,22,26)(H2,23,24,27);5-7,15-16,19,28-29H,1-4,8-11H2,(H,21,25)(H,22,26)(H2,23,24,27);;;;;4*1H2/p-8/t14?,15-,16-,19-;15-,16-,19-;;;;;;;;/m00......../s1. The summed E-state index contributed by atoms with van der Waals surface area (Å²) in [6.07, 6.45) is 10.8. The third-order valence-corrected chi connectivity index (χ3v) is 15.1. The molecule has 0 aromatic heterocycles. The fourth-order valence-electron chi connectivity index (χ4n) is 7.80. The number of fused-ring (bicyclic) bond motifs is 2. The number of benzene rings is 1. The van der Waals surface area contributed by atoms with Crippen LogP contribution in [0, 0.1) is 0 Å². The predicted octanol–water partition coefficient (Wildman–Crippen LogP) is 1.13. The van der Waals surface area contributed by atoms with Crippen LogP contribution in [0.4, 0.5) is 15.3 Å². The maximum absolute atomic E-state index is 12.2. The molecule has 14 nitrogen and oxygen atoms in total. The van der Waals surface area contributed by atoms with Crippen molar-refractivity contribution in [3.8, 4) is 0 Å². The van der Waals surface area contributed by atoms with Gasteiger partial charge in [-0.15, -0.1) is 0 Å². The molecule has 8 amide bonds. The Morgan fingerprint density at radius 2 is 1.07 bits per heavy atom. The largest absolute Gasteiger partial charge is 0.813 e. The van der Waals surface area contributed by atoms with Crippen LogP contribution in [-0.4, -0.2) is 113 Å². The van der Waals surface area contributed by atoms with E-state index in [-0.39, 0.29) is 201 Å². The molecule has 0 saturated carbocycles. The normalized spacial score (nSPS) is 21.9. The van der Waals surface area contributed by atoms with Gasteiger partial charge in [-0.2, -0.15) is 46.5 Å². The summed E-state index contributed by atoms with van der Waals surface area (Å²) in [4.78, 5) is 71.2. The molecule has 4 heterocycles. The minimum atomic E-state index is -0.280. The second-order valence-corrected chi connectivity index (χ2v) is 19.1. The van der Waals surface area contributed by atoms with Crippen LogP contribution in [0.25, 0.3) is 0 Å². The van der Waals surface area contributed by atoms with Crippen molar-refractivity contribution in [2.24, 2.45) is 0 Å². The number of urea groups is 2. The van der Waals surface area contributed by atoms with E-state index in [0.717, 1.165) is 72.3 Å². The van der Waals surface area contributed by atoms with Crippen molar-refractivity contribution < 1.29 is 97.0 Å². The summed E-state index contributed by atoms with van der Waals surface area (Å²) >= 11 is 24.1. The van der Waals surface area contributed by atoms with E-state index < -0.39 is 0 Å². The van der Waals surface area contributed by atoms with Gasteiger partial charge >= 0.3 is 12.1 Å². The zero-order valence-electron chi connectivity index (χ0n) is 36.6. The molecule has 4 fully saturated rings. The quantitative estimate of drug-likeness (QED) is 0.0304. The first-order chi connectivity index (χ1) is 29.0. The Morgan fingerprint density at radius 1 is 0.603 bits per heavy atom. The van der Waals surface area contributed by atoms with Crippen LogP contribution in [0.3, 0.4) is 0 Å². The number of hydrogen-bond acceptors (Lipinski definition) is 16. The summed E-state index contributed by atoms with van der Waals surface area (Å²) in [6.45, 7) is -0.0979. The monoisotopic (exact) mass is 1290 g/mol. The van der Waals surface area contributed by atoms with Crippen molar-refractivity contribution in [2.75, 3.05) is 41.4 Å². The van der Waals surface area contributed by atoms with Gasteiger partial charge in [0.15, 0.2) is 0 Å². The van der Waals surface area contributed by atoms with Gasteiger partial charge in [0.1, 0.15) is 0 Å². The number of anilines is 1. The third-order valence-electron chi connectivity index (χ3n) is 10.7. The van der Waals surface area contributed by atoms with Crippen molar-refractivity contribution in [2.45, 2.75) is 110 Å². The summed E-state index contributed by atoms with van der Waals surface area (Å²) in [5.74, 6) is 3.06. The van der Waals surface area contributed by atoms with Crippen LogP contribution in [0.2, 0.25) is 0 Å². The summed E-state index contributed by atoms with van der Waals surface area (Å²) in [5, 5.41) is 23.7. The summed E-state index contributed by atoms with van der Waals surface area (Å²) in [6, 6.07) is 6.18. The van der Waals surface area contributed by atoms with E-state index in [1.165, 1.54) is 0 Å². The first-order valence-corrected chi connectivity index (χ1v) is 24.7. The van der Waals surface area contributed by atoms with Crippen molar-refractivity contribution in [3.63, 3.8) is 0 Å². The zero-order chi connectivity index (χ0) is 43.0. The van der Waals surface area contributed by atoms with E-state index in [1.807, 2.05) is 53.9 Å². The van der Waals surface area contributed by atoms with Crippen LogP contribution in [0.1, 0.15) is 68.9 Å². The van der Waals surface area contributed by atoms with Gasteiger partial charge in [0.2, 0.25) is 23.6 Å². The third kappa shape index (κ3) is 25.3. The van der Waals surface area contributed by atoms with E-state index in [0.29, 0.717) is 58.5 Å². The van der Waals surface area contributed by atoms with Crippen molar-refractivity contribution in [3.05, 3.63) is 52.6 Å². The number of carbonyl (C=O) groups is 6. The molecule has 1 aromatic carbocycles. The maximum Gasteiger partial charge on any atom is 0.315 e. The molecule has 1 unspecified atom stereocenters. The SMILES string of the molecule is O=C(CCCC[C@@H]1SC[C@@H]2NC(=O)N[C@@H]21)NCC(=O)NC1C=C(C[S-])C=C(C[S-])C1.O=C(CCCC[C@@H]1SC[C@@H]2NC(=O)N[C@@H]21)NCC(=O)Nc1cc(C[S-])cc(C[S-])c1.[Fe].[Fe].[Fe].[Fe].[SH-].[SH-].[SH-].[SH-]. The average Bonchev–Trinajstić information content (AvgIpc) is 4.01. The topological polar surface area (TPSA) is 199 Å². The van der Waals surface area contributed by atoms with Gasteiger partial charge in [0.25, 0.3) is 0 Å². The zero-order valence-corrected chi connectivity index (χ0v) is 49.4. The van der Waals surface area contributed by atoms with Gasteiger partial charge in [0, 0.05) is 109 Å². The number of amides is 8. The first-order valence-electron chi connectivity index (χ1n) is 20.3. The van der Waals surface area contributed by atoms with Crippen LogP contribution in [0.5, 0.6) is 0 Å². The minimum absolute atomic E-state index is 0. The first kappa shape index (κ1) is 75.2. The fraction of sp³-hybridized carbons (Fsp3) is 0.600. The summed E-state index contributed by atoms with van der Waals surface area (Å²) in [7, 11) is 0. The second-order valence-electron chi connectivity index (χ2n) is 15.4. The van der Waals surface area contributed by atoms with E-state index in [1.54, 1.807) is 0 Å². The number of thiol groups is 4. The molecule has 0 radical (unpaired) electrons. The Hall–Kier alpha value is 0.698.